The molecule has 1 aliphatic heterocycles. The van der Waals surface area contributed by atoms with Crippen LogP contribution in [-0.4, -0.2) is 46.5 Å². The van der Waals surface area contributed by atoms with Crippen molar-refractivity contribution in [3.8, 4) is 5.75 Å². The molecule has 1 unspecified atom stereocenters. The van der Waals surface area contributed by atoms with Crippen molar-refractivity contribution < 1.29 is 13.2 Å². The summed E-state index contributed by atoms with van der Waals surface area (Å²) in [7, 11) is 0.0864. The van der Waals surface area contributed by atoms with Crippen molar-refractivity contribution in [2.45, 2.75) is 11.3 Å². The molecule has 1 heterocycles. The van der Waals surface area contributed by atoms with E-state index in [-0.39, 0.29) is 12.4 Å². The maximum atomic E-state index is 12.4. The Balaban J connectivity index is 0.00000200. The van der Waals surface area contributed by atoms with Crippen LogP contribution in [0.5, 0.6) is 5.75 Å². The lowest BCUT2D eigenvalue weighted by Crippen LogP contribution is -2.30. The summed E-state index contributed by atoms with van der Waals surface area (Å²) in [4.78, 5) is 0.332. The van der Waals surface area contributed by atoms with E-state index in [2.05, 4.69) is 5.32 Å². The summed E-state index contributed by atoms with van der Waals surface area (Å²) in [6.45, 7) is 2.05. The fourth-order valence-corrected chi connectivity index (χ4v) is 3.90. The highest BCUT2D eigenvalue weighted by Crippen LogP contribution is 2.25. The zero-order chi connectivity index (χ0) is 13.9. The summed E-state index contributed by atoms with van der Waals surface area (Å²) < 4.78 is 31.5. The standard InChI is InChI=1S/C13H20N2O3S.ClH/c1-14-9-11-7-8-15(10-11)19(16,17)13-5-3-12(18-2)4-6-13;/h3-6,11,14H,7-10H2,1-2H3;1H. The minimum atomic E-state index is -3.36. The Morgan fingerprint density at radius 3 is 2.55 bits per heavy atom. The van der Waals surface area contributed by atoms with E-state index in [1.807, 2.05) is 7.05 Å². The van der Waals surface area contributed by atoms with Crippen LogP contribution in [0.25, 0.3) is 0 Å². The fraction of sp³-hybridized carbons (Fsp3) is 0.538. The molecular formula is C13H21ClN2O3S. The van der Waals surface area contributed by atoms with Crippen LogP contribution in [0.2, 0.25) is 0 Å². The van der Waals surface area contributed by atoms with Crippen LogP contribution >= 0.6 is 12.4 Å². The maximum Gasteiger partial charge on any atom is 0.243 e. The first-order valence-electron chi connectivity index (χ1n) is 6.36. The molecule has 7 heteroatoms. The number of ether oxygens (including phenoxy) is 1. The molecule has 1 aromatic carbocycles. The predicted molar refractivity (Wildman–Crippen MR) is 81.0 cm³/mol. The largest absolute Gasteiger partial charge is 0.497 e. The lowest BCUT2D eigenvalue weighted by molar-refractivity contribution is 0.414. The van der Waals surface area contributed by atoms with Gasteiger partial charge in [0, 0.05) is 13.1 Å². The Kier molecular flexibility index (Phi) is 6.26. The molecule has 1 N–H and O–H groups in total. The number of rotatable bonds is 5. The van der Waals surface area contributed by atoms with Crippen LogP contribution in [0.3, 0.4) is 0 Å². The second-order valence-corrected chi connectivity index (χ2v) is 6.69. The van der Waals surface area contributed by atoms with E-state index < -0.39 is 10.0 Å². The smallest absolute Gasteiger partial charge is 0.243 e. The molecule has 1 aromatic rings. The van der Waals surface area contributed by atoms with E-state index >= 15 is 0 Å². The molecule has 0 bridgehead atoms. The van der Waals surface area contributed by atoms with E-state index in [9.17, 15) is 8.42 Å². The van der Waals surface area contributed by atoms with Crippen LogP contribution in [0, 0.1) is 5.92 Å². The minimum Gasteiger partial charge on any atom is -0.497 e. The molecule has 1 aliphatic rings. The topological polar surface area (TPSA) is 58.6 Å². The highest BCUT2D eigenvalue weighted by atomic mass is 35.5. The highest BCUT2D eigenvalue weighted by Gasteiger charge is 2.32. The first kappa shape index (κ1) is 17.2. The Labute approximate surface area is 126 Å². The second kappa shape index (κ2) is 7.26. The van der Waals surface area contributed by atoms with Gasteiger partial charge in [-0.3, -0.25) is 0 Å². The number of methoxy groups -OCH3 is 1. The third-order valence-electron chi connectivity index (χ3n) is 3.44. The van der Waals surface area contributed by atoms with Crippen molar-refractivity contribution >= 4 is 22.4 Å². The van der Waals surface area contributed by atoms with E-state index in [4.69, 9.17) is 4.74 Å². The van der Waals surface area contributed by atoms with Crippen LogP contribution in [0.1, 0.15) is 6.42 Å². The van der Waals surface area contributed by atoms with E-state index in [1.54, 1.807) is 35.7 Å². The van der Waals surface area contributed by atoms with Crippen LogP contribution in [0.15, 0.2) is 29.2 Å². The normalized spacial score (nSPS) is 19.6. The van der Waals surface area contributed by atoms with Gasteiger partial charge in [0.05, 0.1) is 12.0 Å². The number of nitrogens with zero attached hydrogens (tertiary/aromatic N) is 1. The Hall–Kier alpha value is -0.820. The molecule has 0 spiro atoms. The van der Waals surface area contributed by atoms with Gasteiger partial charge in [0.1, 0.15) is 5.75 Å². The number of hydrogen-bond acceptors (Lipinski definition) is 4. The van der Waals surface area contributed by atoms with Gasteiger partial charge in [-0.1, -0.05) is 0 Å². The van der Waals surface area contributed by atoms with Crippen molar-refractivity contribution in [3.05, 3.63) is 24.3 Å². The van der Waals surface area contributed by atoms with Crippen molar-refractivity contribution in [2.24, 2.45) is 5.92 Å². The molecule has 0 radical (unpaired) electrons. The third kappa shape index (κ3) is 3.63. The fourth-order valence-electron chi connectivity index (χ4n) is 2.37. The van der Waals surface area contributed by atoms with Crippen molar-refractivity contribution in [1.82, 2.24) is 9.62 Å². The van der Waals surface area contributed by atoms with Gasteiger partial charge in [-0.25, -0.2) is 8.42 Å². The first-order valence-corrected chi connectivity index (χ1v) is 7.80. The van der Waals surface area contributed by atoms with Crippen molar-refractivity contribution in [1.29, 1.82) is 0 Å². The van der Waals surface area contributed by atoms with E-state index in [0.29, 0.717) is 29.7 Å². The molecule has 20 heavy (non-hydrogen) atoms. The molecule has 0 aliphatic carbocycles. The lowest BCUT2D eigenvalue weighted by Gasteiger charge is -2.16. The van der Waals surface area contributed by atoms with Gasteiger partial charge in [0.25, 0.3) is 0 Å². The zero-order valence-corrected chi connectivity index (χ0v) is 13.3. The van der Waals surface area contributed by atoms with Gasteiger partial charge in [-0.2, -0.15) is 4.31 Å². The zero-order valence-electron chi connectivity index (χ0n) is 11.7. The lowest BCUT2D eigenvalue weighted by atomic mass is 10.1. The van der Waals surface area contributed by atoms with Crippen LogP contribution < -0.4 is 10.1 Å². The van der Waals surface area contributed by atoms with Gasteiger partial charge in [-0.15, -0.1) is 12.4 Å². The van der Waals surface area contributed by atoms with Gasteiger partial charge in [-0.05, 0) is 50.2 Å². The van der Waals surface area contributed by atoms with Crippen LogP contribution in [0.4, 0.5) is 0 Å². The average molecular weight is 321 g/mol. The minimum absolute atomic E-state index is 0. The number of hydrogen-bond donors (Lipinski definition) is 1. The summed E-state index contributed by atoms with van der Waals surface area (Å²) in [6, 6.07) is 6.54. The summed E-state index contributed by atoms with van der Waals surface area (Å²) >= 11 is 0. The molecule has 114 valence electrons. The molecule has 2 rings (SSSR count). The molecule has 1 atom stereocenters. The quantitative estimate of drug-likeness (QED) is 0.889. The highest BCUT2D eigenvalue weighted by molar-refractivity contribution is 7.89. The SMILES string of the molecule is CNCC1CCN(S(=O)(=O)c2ccc(OC)cc2)C1.Cl. The molecule has 1 saturated heterocycles. The Morgan fingerprint density at radius 1 is 1.35 bits per heavy atom. The summed E-state index contributed by atoms with van der Waals surface area (Å²) in [5.41, 5.74) is 0. The van der Waals surface area contributed by atoms with Gasteiger partial charge in [0.2, 0.25) is 10.0 Å². The Morgan fingerprint density at radius 2 is 2.00 bits per heavy atom. The van der Waals surface area contributed by atoms with Crippen LogP contribution in [-0.2, 0) is 10.0 Å². The monoisotopic (exact) mass is 320 g/mol. The number of sulfonamides is 1. The molecular weight excluding hydrogens is 300 g/mol. The Bertz CT molecular complexity index is 519. The summed E-state index contributed by atoms with van der Waals surface area (Å²) in [5.74, 6) is 1.06. The maximum absolute atomic E-state index is 12.4. The molecule has 0 saturated carbocycles. The van der Waals surface area contributed by atoms with Crippen molar-refractivity contribution in [2.75, 3.05) is 33.8 Å². The molecule has 5 nitrogen and oxygen atoms in total. The second-order valence-electron chi connectivity index (χ2n) is 4.75. The van der Waals surface area contributed by atoms with E-state index in [1.165, 1.54) is 0 Å². The van der Waals surface area contributed by atoms with E-state index in [0.717, 1.165) is 13.0 Å². The average Bonchev–Trinajstić information content (AvgIpc) is 2.89. The number of nitrogens with one attached hydrogen (secondary N) is 1. The van der Waals surface area contributed by atoms with Gasteiger partial charge in [0.15, 0.2) is 0 Å². The molecule has 1 fully saturated rings. The van der Waals surface area contributed by atoms with Gasteiger partial charge >= 0.3 is 0 Å². The first-order chi connectivity index (χ1) is 9.07. The molecule has 0 amide bonds. The number of benzene rings is 1. The predicted octanol–water partition coefficient (Wildman–Crippen LogP) is 1.35. The molecule has 0 aromatic heterocycles. The summed E-state index contributed by atoms with van der Waals surface area (Å²) in [5, 5.41) is 3.10. The summed E-state index contributed by atoms with van der Waals surface area (Å²) in [6.07, 6.45) is 0.913. The number of halogens is 1. The third-order valence-corrected chi connectivity index (χ3v) is 5.32. The van der Waals surface area contributed by atoms with Gasteiger partial charge < -0.3 is 10.1 Å². The van der Waals surface area contributed by atoms with Crippen molar-refractivity contribution in [3.63, 3.8) is 0 Å².